The first kappa shape index (κ1) is 24.0. The van der Waals surface area contributed by atoms with Gasteiger partial charge >= 0.3 is 0 Å². The highest BCUT2D eigenvalue weighted by atomic mass is 15.3. The molecule has 0 aliphatic carbocycles. The van der Waals surface area contributed by atoms with Crippen LogP contribution in [0.25, 0.3) is 33.1 Å². The number of hydrogen-bond donors (Lipinski definition) is 3. The number of nitrogens with one attached hydrogen (secondary N) is 3. The molecule has 0 radical (unpaired) electrons. The van der Waals surface area contributed by atoms with Crippen LogP contribution in [0.4, 0.5) is 0 Å². The van der Waals surface area contributed by atoms with Crippen molar-refractivity contribution in [3.05, 3.63) is 90.3 Å². The molecule has 1 fully saturated rings. The Morgan fingerprint density at radius 2 is 0.718 bits per heavy atom. The second-order valence-electron chi connectivity index (χ2n) is 10.4. The summed E-state index contributed by atoms with van der Waals surface area (Å²) >= 11 is 0. The molecular weight excluding hydrogens is 486 g/mol. The van der Waals surface area contributed by atoms with E-state index >= 15 is 0 Å². The van der Waals surface area contributed by atoms with Crippen molar-refractivity contribution in [2.45, 2.75) is 19.6 Å². The van der Waals surface area contributed by atoms with Crippen LogP contribution >= 0.6 is 0 Å². The van der Waals surface area contributed by atoms with Gasteiger partial charge in [0, 0.05) is 39.3 Å². The second kappa shape index (κ2) is 10.6. The molecular formula is C30H33N9. The standard InChI is InChI=1S/C30H33N9/c1-2-8-23-22(7-1)31-28(32-23)19-37-13-15-38(20-29-33-24-9-3-4-10-25(24)34-29)17-18-39(16-14-37)21-30-35-26-11-5-6-12-27(26)36-30/h1-12H,13-21H2,(H,31,32)(H,33,34)(H,35,36). The van der Waals surface area contributed by atoms with E-state index in [4.69, 9.17) is 15.0 Å². The number of imidazole rings is 3. The largest absolute Gasteiger partial charge is 0.341 e. The van der Waals surface area contributed by atoms with Crippen molar-refractivity contribution in [1.29, 1.82) is 0 Å². The van der Waals surface area contributed by atoms with Gasteiger partial charge in [0.15, 0.2) is 0 Å². The van der Waals surface area contributed by atoms with Gasteiger partial charge < -0.3 is 15.0 Å². The zero-order chi connectivity index (χ0) is 26.0. The van der Waals surface area contributed by atoms with Crippen LogP contribution in [0, 0.1) is 0 Å². The quantitative estimate of drug-likeness (QED) is 0.306. The summed E-state index contributed by atoms with van der Waals surface area (Å²) in [5, 5.41) is 0. The Balaban J connectivity index is 1.11. The van der Waals surface area contributed by atoms with Crippen LogP contribution in [0.15, 0.2) is 72.8 Å². The van der Waals surface area contributed by atoms with E-state index in [1.165, 1.54) is 0 Å². The summed E-state index contributed by atoms with van der Waals surface area (Å²) in [5.41, 5.74) is 6.35. The van der Waals surface area contributed by atoms with Gasteiger partial charge in [-0.05, 0) is 36.4 Å². The molecule has 6 aromatic rings. The average Bonchev–Trinajstić information content (AvgIpc) is 3.67. The first-order chi connectivity index (χ1) is 19.2. The Hall–Kier alpha value is -4.05. The lowest BCUT2D eigenvalue weighted by molar-refractivity contribution is 0.204. The Kier molecular flexibility index (Phi) is 6.53. The van der Waals surface area contributed by atoms with E-state index < -0.39 is 0 Å². The number of fused-ring (bicyclic) bond motifs is 3. The molecule has 9 heteroatoms. The molecule has 3 N–H and O–H groups in total. The number of aromatic amines is 3. The van der Waals surface area contributed by atoms with Gasteiger partial charge in [-0.25, -0.2) is 15.0 Å². The zero-order valence-electron chi connectivity index (χ0n) is 22.0. The minimum Gasteiger partial charge on any atom is -0.341 e. The van der Waals surface area contributed by atoms with Gasteiger partial charge in [-0.15, -0.1) is 0 Å². The fraction of sp³-hybridized carbons (Fsp3) is 0.300. The lowest BCUT2D eigenvalue weighted by atomic mass is 10.3. The van der Waals surface area contributed by atoms with Crippen LogP contribution < -0.4 is 0 Å². The summed E-state index contributed by atoms with van der Waals surface area (Å²) in [4.78, 5) is 32.6. The highest BCUT2D eigenvalue weighted by Crippen LogP contribution is 2.16. The third-order valence-corrected chi connectivity index (χ3v) is 7.63. The molecule has 3 aromatic heterocycles. The summed E-state index contributed by atoms with van der Waals surface area (Å²) < 4.78 is 0. The van der Waals surface area contributed by atoms with Crippen molar-refractivity contribution in [1.82, 2.24) is 44.6 Å². The summed E-state index contributed by atoms with van der Waals surface area (Å²) in [7, 11) is 0. The van der Waals surface area contributed by atoms with Crippen LogP contribution in [-0.4, -0.2) is 83.9 Å². The molecule has 0 atom stereocenters. The smallest absolute Gasteiger partial charge is 0.121 e. The van der Waals surface area contributed by atoms with Crippen molar-refractivity contribution in [3.63, 3.8) is 0 Å². The number of rotatable bonds is 6. The van der Waals surface area contributed by atoms with E-state index in [0.29, 0.717) is 0 Å². The molecule has 0 saturated carbocycles. The van der Waals surface area contributed by atoms with Crippen molar-refractivity contribution < 1.29 is 0 Å². The summed E-state index contributed by atoms with van der Waals surface area (Å²) in [6, 6.07) is 24.8. The predicted molar refractivity (Wildman–Crippen MR) is 154 cm³/mol. The average molecular weight is 520 g/mol. The highest BCUT2D eigenvalue weighted by Gasteiger charge is 2.20. The second-order valence-corrected chi connectivity index (χ2v) is 10.4. The maximum absolute atomic E-state index is 4.85. The number of nitrogens with zero attached hydrogens (tertiary/aromatic N) is 6. The molecule has 1 aliphatic rings. The van der Waals surface area contributed by atoms with Crippen molar-refractivity contribution in [2.75, 3.05) is 39.3 Å². The van der Waals surface area contributed by atoms with E-state index in [2.05, 4.69) is 84.2 Å². The number of benzene rings is 3. The zero-order valence-corrected chi connectivity index (χ0v) is 22.0. The van der Waals surface area contributed by atoms with Crippen LogP contribution in [0.1, 0.15) is 17.5 Å². The van der Waals surface area contributed by atoms with Gasteiger partial charge in [-0.2, -0.15) is 0 Å². The molecule has 39 heavy (non-hydrogen) atoms. The van der Waals surface area contributed by atoms with Crippen molar-refractivity contribution in [3.8, 4) is 0 Å². The van der Waals surface area contributed by atoms with E-state index in [1.54, 1.807) is 0 Å². The van der Waals surface area contributed by atoms with E-state index in [0.717, 1.165) is 109 Å². The molecule has 0 amide bonds. The van der Waals surface area contributed by atoms with Crippen LogP contribution in [0.3, 0.4) is 0 Å². The monoisotopic (exact) mass is 519 g/mol. The molecule has 4 heterocycles. The number of aromatic nitrogens is 6. The van der Waals surface area contributed by atoms with Gasteiger partial charge in [-0.1, -0.05) is 36.4 Å². The van der Waals surface area contributed by atoms with Gasteiger partial charge in [0.2, 0.25) is 0 Å². The topological polar surface area (TPSA) is 95.8 Å². The minimum atomic E-state index is 0.797. The van der Waals surface area contributed by atoms with Crippen LogP contribution in [-0.2, 0) is 19.6 Å². The number of H-pyrrole nitrogens is 3. The highest BCUT2D eigenvalue weighted by molar-refractivity contribution is 5.76. The molecule has 9 nitrogen and oxygen atoms in total. The summed E-state index contributed by atoms with van der Waals surface area (Å²) in [6.07, 6.45) is 0. The predicted octanol–water partition coefficient (Wildman–Crippen LogP) is 4.14. The first-order valence-electron chi connectivity index (χ1n) is 13.7. The Morgan fingerprint density at radius 1 is 0.436 bits per heavy atom. The SMILES string of the molecule is c1ccc2[nH]c(CN3CCN(Cc4nc5ccccc5[nH]4)CCN(Cc4nc5ccccc5[nH]4)CC3)nc2c1. The van der Waals surface area contributed by atoms with Gasteiger partial charge in [0.1, 0.15) is 17.5 Å². The Morgan fingerprint density at radius 3 is 1.00 bits per heavy atom. The lowest BCUT2D eigenvalue weighted by Crippen LogP contribution is -2.35. The van der Waals surface area contributed by atoms with Crippen molar-refractivity contribution in [2.24, 2.45) is 0 Å². The molecule has 0 bridgehead atoms. The fourth-order valence-electron chi connectivity index (χ4n) is 5.54. The lowest BCUT2D eigenvalue weighted by Gasteiger charge is -2.24. The molecule has 1 aliphatic heterocycles. The third-order valence-electron chi connectivity index (χ3n) is 7.63. The van der Waals surface area contributed by atoms with Crippen molar-refractivity contribution >= 4 is 33.1 Å². The maximum atomic E-state index is 4.85. The molecule has 7 rings (SSSR count). The van der Waals surface area contributed by atoms with Crippen LogP contribution in [0.5, 0.6) is 0 Å². The third kappa shape index (κ3) is 5.42. The Bertz CT molecular complexity index is 1390. The Labute approximate surface area is 226 Å². The van der Waals surface area contributed by atoms with E-state index in [1.807, 2.05) is 18.2 Å². The number of hydrogen-bond acceptors (Lipinski definition) is 6. The molecule has 0 unspecified atom stereocenters. The number of para-hydroxylation sites is 6. The fourth-order valence-corrected chi connectivity index (χ4v) is 5.54. The van der Waals surface area contributed by atoms with Gasteiger partial charge in [-0.3, -0.25) is 14.7 Å². The molecule has 1 saturated heterocycles. The first-order valence-corrected chi connectivity index (χ1v) is 13.7. The normalized spacial score (nSPS) is 16.6. The summed E-state index contributed by atoms with van der Waals surface area (Å²) in [6.45, 7) is 8.20. The van der Waals surface area contributed by atoms with E-state index in [-0.39, 0.29) is 0 Å². The van der Waals surface area contributed by atoms with Gasteiger partial charge in [0.25, 0.3) is 0 Å². The molecule has 198 valence electrons. The van der Waals surface area contributed by atoms with Gasteiger partial charge in [0.05, 0.1) is 52.7 Å². The maximum Gasteiger partial charge on any atom is 0.121 e. The van der Waals surface area contributed by atoms with E-state index in [9.17, 15) is 0 Å². The summed E-state index contributed by atoms with van der Waals surface area (Å²) in [5.74, 6) is 3.05. The van der Waals surface area contributed by atoms with Crippen LogP contribution in [0.2, 0.25) is 0 Å². The molecule has 0 spiro atoms. The molecule has 3 aromatic carbocycles. The minimum absolute atomic E-state index is 0.797.